The quantitative estimate of drug-likeness (QED) is 0.516. The highest BCUT2D eigenvalue weighted by molar-refractivity contribution is 7.98. The van der Waals surface area contributed by atoms with Crippen LogP contribution in [0.2, 0.25) is 0 Å². The standard InChI is InChI=1S/C15H13N3O2S/c1-21-13-5-2-11(3-6-13)10-17-14-7-4-12(9-16)8-15(14)18(19)20/h2-8,17H,10H2,1H3. The third-order valence-corrected chi connectivity index (χ3v) is 3.71. The first kappa shape index (κ1) is 14.9. The summed E-state index contributed by atoms with van der Waals surface area (Å²) in [6, 6.07) is 14.3. The number of rotatable bonds is 5. The Kier molecular flexibility index (Phi) is 4.80. The summed E-state index contributed by atoms with van der Waals surface area (Å²) in [6.07, 6.45) is 2.01. The summed E-state index contributed by atoms with van der Waals surface area (Å²) >= 11 is 1.66. The summed E-state index contributed by atoms with van der Waals surface area (Å²) in [5.41, 5.74) is 1.63. The van der Waals surface area contributed by atoms with Crippen LogP contribution in [-0.4, -0.2) is 11.2 Å². The van der Waals surface area contributed by atoms with Crippen molar-refractivity contribution in [1.29, 1.82) is 5.26 Å². The molecule has 0 amide bonds. The van der Waals surface area contributed by atoms with Crippen LogP contribution in [0.15, 0.2) is 47.4 Å². The zero-order valence-electron chi connectivity index (χ0n) is 11.4. The third kappa shape index (κ3) is 3.74. The number of benzene rings is 2. The SMILES string of the molecule is CSc1ccc(CNc2ccc(C#N)cc2[N+](=O)[O-])cc1. The number of nitrogens with one attached hydrogen (secondary N) is 1. The van der Waals surface area contributed by atoms with Gasteiger partial charge in [0.15, 0.2) is 0 Å². The number of hydrogen-bond donors (Lipinski definition) is 1. The van der Waals surface area contributed by atoms with Crippen molar-refractivity contribution in [3.8, 4) is 6.07 Å². The van der Waals surface area contributed by atoms with Crippen molar-refractivity contribution in [1.82, 2.24) is 0 Å². The van der Waals surface area contributed by atoms with Crippen molar-refractivity contribution in [2.45, 2.75) is 11.4 Å². The number of anilines is 1. The smallest absolute Gasteiger partial charge is 0.293 e. The van der Waals surface area contributed by atoms with E-state index in [0.29, 0.717) is 12.2 Å². The van der Waals surface area contributed by atoms with E-state index in [2.05, 4.69) is 5.32 Å². The van der Waals surface area contributed by atoms with Crippen molar-refractivity contribution in [2.75, 3.05) is 11.6 Å². The predicted molar refractivity (Wildman–Crippen MR) is 83.4 cm³/mol. The molecule has 0 heterocycles. The van der Waals surface area contributed by atoms with Crippen LogP contribution in [0.1, 0.15) is 11.1 Å². The molecule has 0 fully saturated rings. The molecule has 106 valence electrons. The molecule has 0 spiro atoms. The zero-order valence-corrected chi connectivity index (χ0v) is 12.2. The number of hydrogen-bond acceptors (Lipinski definition) is 5. The molecule has 0 bridgehead atoms. The maximum atomic E-state index is 11.0. The predicted octanol–water partition coefficient (Wildman–Crippen LogP) is 3.80. The molecule has 21 heavy (non-hydrogen) atoms. The fourth-order valence-corrected chi connectivity index (χ4v) is 2.25. The lowest BCUT2D eigenvalue weighted by molar-refractivity contribution is -0.384. The van der Waals surface area contributed by atoms with Gasteiger partial charge < -0.3 is 5.32 Å². The zero-order chi connectivity index (χ0) is 15.2. The van der Waals surface area contributed by atoms with E-state index < -0.39 is 4.92 Å². The van der Waals surface area contributed by atoms with Gasteiger partial charge in [-0.15, -0.1) is 11.8 Å². The molecule has 2 aromatic rings. The van der Waals surface area contributed by atoms with E-state index in [1.807, 2.05) is 36.6 Å². The number of nitriles is 1. The van der Waals surface area contributed by atoms with Crippen LogP contribution in [0.4, 0.5) is 11.4 Å². The van der Waals surface area contributed by atoms with E-state index >= 15 is 0 Å². The molecular formula is C15H13N3O2S. The molecule has 0 aromatic heterocycles. The summed E-state index contributed by atoms with van der Waals surface area (Å²) < 4.78 is 0. The first-order chi connectivity index (χ1) is 10.1. The molecule has 1 N–H and O–H groups in total. The minimum absolute atomic E-state index is 0.0882. The van der Waals surface area contributed by atoms with Gasteiger partial charge in [0.1, 0.15) is 5.69 Å². The van der Waals surface area contributed by atoms with Crippen molar-refractivity contribution >= 4 is 23.1 Å². The van der Waals surface area contributed by atoms with Crippen molar-refractivity contribution in [2.24, 2.45) is 0 Å². The van der Waals surface area contributed by atoms with Crippen LogP contribution in [0.25, 0.3) is 0 Å². The molecule has 0 saturated heterocycles. The Balaban J connectivity index is 2.15. The second kappa shape index (κ2) is 6.77. The van der Waals surface area contributed by atoms with E-state index in [1.54, 1.807) is 23.9 Å². The van der Waals surface area contributed by atoms with Gasteiger partial charge in [0.25, 0.3) is 5.69 Å². The molecule has 0 unspecified atom stereocenters. The second-order valence-corrected chi connectivity index (χ2v) is 5.18. The van der Waals surface area contributed by atoms with Gasteiger partial charge in [-0.3, -0.25) is 10.1 Å². The van der Waals surface area contributed by atoms with Crippen molar-refractivity contribution < 1.29 is 4.92 Å². The first-order valence-electron chi connectivity index (χ1n) is 6.19. The topological polar surface area (TPSA) is 79.0 Å². The van der Waals surface area contributed by atoms with E-state index in [9.17, 15) is 10.1 Å². The summed E-state index contributed by atoms with van der Waals surface area (Å²) in [5, 5.41) is 22.9. The number of thioether (sulfide) groups is 1. The molecule has 2 rings (SSSR count). The third-order valence-electron chi connectivity index (χ3n) is 2.97. The average molecular weight is 299 g/mol. The van der Waals surface area contributed by atoms with Crippen LogP contribution in [0.3, 0.4) is 0 Å². The highest BCUT2D eigenvalue weighted by Crippen LogP contribution is 2.26. The maximum absolute atomic E-state index is 11.0. The van der Waals surface area contributed by atoms with Crippen molar-refractivity contribution in [3.63, 3.8) is 0 Å². The van der Waals surface area contributed by atoms with Gasteiger partial charge in [0.2, 0.25) is 0 Å². The maximum Gasteiger partial charge on any atom is 0.293 e. The molecule has 0 saturated carbocycles. The van der Waals surface area contributed by atoms with Gasteiger partial charge >= 0.3 is 0 Å². The van der Waals surface area contributed by atoms with Gasteiger partial charge in [-0.2, -0.15) is 5.26 Å². The van der Waals surface area contributed by atoms with Crippen LogP contribution >= 0.6 is 11.8 Å². The summed E-state index contributed by atoms with van der Waals surface area (Å²) in [6.45, 7) is 0.488. The lowest BCUT2D eigenvalue weighted by Crippen LogP contribution is -2.03. The number of nitrogens with zero attached hydrogens (tertiary/aromatic N) is 2. The van der Waals surface area contributed by atoms with E-state index in [0.717, 1.165) is 5.56 Å². The van der Waals surface area contributed by atoms with Crippen LogP contribution in [0.5, 0.6) is 0 Å². The number of nitro benzene ring substituents is 1. The Morgan fingerprint density at radius 2 is 2.00 bits per heavy atom. The normalized spacial score (nSPS) is 9.90. The summed E-state index contributed by atoms with van der Waals surface area (Å²) in [4.78, 5) is 11.7. The fourth-order valence-electron chi connectivity index (χ4n) is 1.84. The molecule has 0 radical (unpaired) electrons. The average Bonchev–Trinajstić information content (AvgIpc) is 2.53. The molecule has 0 aliphatic rings. The molecule has 5 nitrogen and oxygen atoms in total. The Hall–Kier alpha value is -2.52. The van der Waals surface area contributed by atoms with Gasteiger partial charge in [0.05, 0.1) is 16.6 Å². The Bertz CT molecular complexity index is 693. The Labute approximate surface area is 126 Å². The second-order valence-electron chi connectivity index (χ2n) is 4.30. The van der Waals surface area contributed by atoms with E-state index in [4.69, 9.17) is 5.26 Å². The molecule has 0 atom stereocenters. The number of nitro groups is 1. The van der Waals surface area contributed by atoms with E-state index in [1.165, 1.54) is 11.0 Å². The molecule has 6 heteroatoms. The summed E-state index contributed by atoms with van der Waals surface area (Å²) in [5.74, 6) is 0. The van der Waals surface area contributed by atoms with Gasteiger partial charge in [0, 0.05) is 17.5 Å². The molecular weight excluding hydrogens is 286 g/mol. The molecule has 2 aromatic carbocycles. The van der Waals surface area contributed by atoms with Crippen molar-refractivity contribution in [3.05, 3.63) is 63.7 Å². The van der Waals surface area contributed by atoms with Gasteiger partial charge in [-0.25, -0.2) is 0 Å². The molecule has 0 aliphatic heterocycles. The minimum Gasteiger partial charge on any atom is -0.375 e. The van der Waals surface area contributed by atoms with Gasteiger partial charge in [-0.05, 0) is 36.1 Å². The summed E-state index contributed by atoms with van der Waals surface area (Å²) in [7, 11) is 0. The Morgan fingerprint density at radius 3 is 2.57 bits per heavy atom. The minimum atomic E-state index is -0.486. The highest BCUT2D eigenvalue weighted by atomic mass is 32.2. The Morgan fingerprint density at radius 1 is 1.29 bits per heavy atom. The van der Waals surface area contributed by atoms with Crippen LogP contribution in [0, 0.1) is 21.4 Å². The van der Waals surface area contributed by atoms with Crippen LogP contribution in [-0.2, 0) is 6.54 Å². The first-order valence-corrected chi connectivity index (χ1v) is 7.42. The van der Waals surface area contributed by atoms with Gasteiger partial charge in [-0.1, -0.05) is 12.1 Å². The molecule has 0 aliphatic carbocycles. The lowest BCUT2D eigenvalue weighted by atomic mass is 10.1. The monoisotopic (exact) mass is 299 g/mol. The lowest BCUT2D eigenvalue weighted by Gasteiger charge is -2.08. The van der Waals surface area contributed by atoms with E-state index in [-0.39, 0.29) is 11.3 Å². The highest BCUT2D eigenvalue weighted by Gasteiger charge is 2.14. The van der Waals surface area contributed by atoms with Crippen LogP contribution < -0.4 is 5.32 Å². The fraction of sp³-hybridized carbons (Fsp3) is 0.133. The largest absolute Gasteiger partial charge is 0.375 e.